The van der Waals surface area contributed by atoms with E-state index in [9.17, 15) is 35.9 Å². The average molecular weight is 463 g/mol. The Morgan fingerprint density at radius 3 is 2.19 bits per heavy atom. The van der Waals surface area contributed by atoms with Crippen molar-refractivity contribution in [2.75, 3.05) is 12.4 Å². The fourth-order valence-corrected chi connectivity index (χ4v) is 3.58. The Kier molecular flexibility index (Phi) is 7.26. The van der Waals surface area contributed by atoms with Crippen LogP contribution in [0.2, 0.25) is 0 Å². The van der Waals surface area contributed by atoms with Gasteiger partial charge in [0, 0.05) is 28.6 Å². The van der Waals surface area contributed by atoms with E-state index in [1.165, 1.54) is 31.3 Å². The minimum absolute atomic E-state index is 0.160. The average Bonchev–Trinajstić information content (AvgIpc) is 2.65. The van der Waals surface area contributed by atoms with E-state index in [1.54, 1.807) is 0 Å². The number of alkyl halides is 6. The molecule has 0 atom stereocenters. The molecular weight excluding hydrogens is 448 g/mol. The Bertz CT molecular complexity index is 1020. The maximum absolute atomic E-state index is 13.7. The number of anilines is 1. The number of nitrogens with one attached hydrogen (secondary N) is 2. The first-order chi connectivity index (χ1) is 14.3. The molecule has 0 aliphatic rings. The SMILES string of the molecule is CNC(=O)Nc1cccc(Sc2ccc(C=CC(N)=O)c(C(F)(F)F)c2C(F)(F)F)c1. The van der Waals surface area contributed by atoms with E-state index in [-0.39, 0.29) is 10.6 Å². The van der Waals surface area contributed by atoms with Crippen molar-refractivity contribution in [1.82, 2.24) is 5.32 Å². The number of rotatable bonds is 5. The number of nitrogens with two attached hydrogens (primary N) is 1. The van der Waals surface area contributed by atoms with Crippen molar-refractivity contribution in [2.24, 2.45) is 5.73 Å². The Hall–Kier alpha value is -3.15. The lowest BCUT2D eigenvalue weighted by Gasteiger charge is -2.21. The summed E-state index contributed by atoms with van der Waals surface area (Å²) in [6, 6.07) is 6.71. The zero-order chi connectivity index (χ0) is 23.4. The van der Waals surface area contributed by atoms with Gasteiger partial charge in [-0.3, -0.25) is 4.79 Å². The van der Waals surface area contributed by atoms with Crippen LogP contribution in [0.1, 0.15) is 16.7 Å². The third-order valence-electron chi connectivity index (χ3n) is 3.74. The predicted molar refractivity (Wildman–Crippen MR) is 103 cm³/mol. The number of amides is 3. The van der Waals surface area contributed by atoms with Gasteiger partial charge in [-0.2, -0.15) is 26.3 Å². The fourth-order valence-electron chi connectivity index (χ4n) is 2.54. The molecule has 2 aromatic carbocycles. The summed E-state index contributed by atoms with van der Waals surface area (Å²) in [7, 11) is 1.36. The molecular formula is C19H15F6N3O2S. The molecule has 3 amide bonds. The van der Waals surface area contributed by atoms with E-state index in [0.717, 1.165) is 12.1 Å². The topological polar surface area (TPSA) is 84.2 Å². The van der Waals surface area contributed by atoms with E-state index in [4.69, 9.17) is 5.73 Å². The van der Waals surface area contributed by atoms with Gasteiger partial charge in [0.1, 0.15) is 0 Å². The highest BCUT2D eigenvalue weighted by molar-refractivity contribution is 7.99. The van der Waals surface area contributed by atoms with Crippen LogP contribution in [0.4, 0.5) is 36.8 Å². The summed E-state index contributed by atoms with van der Waals surface area (Å²) in [5.74, 6) is -1.11. The van der Waals surface area contributed by atoms with Crippen LogP contribution < -0.4 is 16.4 Å². The number of urea groups is 1. The van der Waals surface area contributed by atoms with Crippen molar-refractivity contribution in [3.8, 4) is 0 Å². The summed E-state index contributed by atoms with van der Waals surface area (Å²) in [5.41, 5.74) is 0.412. The zero-order valence-electron chi connectivity index (χ0n) is 15.7. The Labute approximate surface area is 176 Å². The lowest BCUT2D eigenvalue weighted by Crippen LogP contribution is -2.24. The van der Waals surface area contributed by atoms with Gasteiger partial charge in [0.05, 0.1) is 11.1 Å². The standard InChI is InChI=1S/C19H15F6N3O2S/c1-27-17(30)28-11-3-2-4-12(9-11)31-13-7-5-10(6-8-14(26)29)15(18(20,21)22)16(13)19(23,24)25/h2-9H,1H3,(H2,26,29)(H2,27,28,30). The highest BCUT2D eigenvalue weighted by Crippen LogP contribution is 2.48. The number of carbonyl (C=O) groups is 2. The Balaban J connectivity index is 2.62. The molecule has 31 heavy (non-hydrogen) atoms. The van der Waals surface area contributed by atoms with Gasteiger partial charge in [-0.15, -0.1) is 0 Å². The first-order valence-electron chi connectivity index (χ1n) is 8.38. The molecule has 0 bridgehead atoms. The molecule has 0 aliphatic heterocycles. The van der Waals surface area contributed by atoms with Crippen LogP contribution in [0.5, 0.6) is 0 Å². The van der Waals surface area contributed by atoms with Crippen LogP contribution in [0, 0.1) is 0 Å². The molecule has 4 N–H and O–H groups in total. The van der Waals surface area contributed by atoms with Crippen molar-refractivity contribution < 1.29 is 35.9 Å². The third kappa shape index (κ3) is 6.41. The smallest absolute Gasteiger partial charge is 0.366 e. The monoisotopic (exact) mass is 463 g/mol. The van der Waals surface area contributed by atoms with Crippen LogP contribution in [-0.2, 0) is 17.1 Å². The first kappa shape index (κ1) is 24.1. The summed E-state index contributed by atoms with van der Waals surface area (Å²) in [6.07, 6.45) is -9.57. The van der Waals surface area contributed by atoms with Gasteiger partial charge in [-0.05, 0) is 35.9 Å². The van der Waals surface area contributed by atoms with Gasteiger partial charge in [-0.1, -0.05) is 23.9 Å². The van der Waals surface area contributed by atoms with Gasteiger partial charge in [0.25, 0.3) is 0 Å². The molecule has 0 heterocycles. The summed E-state index contributed by atoms with van der Waals surface area (Å²) < 4.78 is 82.0. The molecule has 166 valence electrons. The quantitative estimate of drug-likeness (QED) is 0.425. The fraction of sp³-hybridized carbons (Fsp3) is 0.158. The molecule has 0 radical (unpaired) electrons. The van der Waals surface area contributed by atoms with Crippen LogP contribution in [0.15, 0.2) is 52.3 Å². The number of carbonyl (C=O) groups excluding carboxylic acids is 2. The minimum atomic E-state index is -5.36. The Morgan fingerprint density at radius 2 is 1.65 bits per heavy atom. The normalized spacial score (nSPS) is 12.1. The zero-order valence-corrected chi connectivity index (χ0v) is 16.5. The second-order valence-corrected chi connectivity index (χ2v) is 7.08. The number of hydrogen-bond donors (Lipinski definition) is 3. The van der Waals surface area contributed by atoms with E-state index in [2.05, 4.69) is 10.6 Å². The van der Waals surface area contributed by atoms with Gasteiger partial charge >= 0.3 is 18.4 Å². The second kappa shape index (κ2) is 9.33. The van der Waals surface area contributed by atoms with Gasteiger partial charge in [0.15, 0.2) is 0 Å². The van der Waals surface area contributed by atoms with Gasteiger partial charge in [0.2, 0.25) is 5.91 Å². The van der Waals surface area contributed by atoms with Crippen molar-refractivity contribution in [1.29, 1.82) is 0 Å². The van der Waals surface area contributed by atoms with Crippen LogP contribution >= 0.6 is 11.8 Å². The van der Waals surface area contributed by atoms with E-state index < -0.39 is 45.9 Å². The van der Waals surface area contributed by atoms with Gasteiger partial charge in [-0.25, -0.2) is 4.79 Å². The van der Waals surface area contributed by atoms with Crippen LogP contribution in [0.25, 0.3) is 6.08 Å². The van der Waals surface area contributed by atoms with Crippen LogP contribution in [-0.4, -0.2) is 19.0 Å². The predicted octanol–water partition coefficient (Wildman–Crippen LogP) is 5.13. The summed E-state index contributed by atoms with van der Waals surface area (Å²) in [6.45, 7) is 0. The number of hydrogen-bond acceptors (Lipinski definition) is 3. The van der Waals surface area contributed by atoms with E-state index in [1.807, 2.05) is 0 Å². The van der Waals surface area contributed by atoms with Crippen molar-refractivity contribution in [2.45, 2.75) is 22.1 Å². The maximum atomic E-state index is 13.7. The Morgan fingerprint density at radius 1 is 1.00 bits per heavy atom. The molecule has 2 rings (SSSR count). The van der Waals surface area contributed by atoms with E-state index >= 15 is 0 Å². The lowest BCUT2D eigenvalue weighted by atomic mass is 9.99. The molecule has 0 fully saturated rings. The molecule has 5 nitrogen and oxygen atoms in total. The molecule has 0 aromatic heterocycles. The molecule has 0 unspecified atom stereocenters. The molecule has 12 heteroatoms. The largest absolute Gasteiger partial charge is 0.418 e. The third-order valence-corrected chi connectivity index (χ3v) is 4.79. The molecule has 2 aromatic rings. The molecule has 0 aliphatic carbocycles. The lowest BCUT2D eigenvalue weighted by molar-refractivity contribution is -0.163. The highest BCUT2D eigenvalue weighted by Gasteiger charge is 2.46. The van der Waals surface area contributed by atoms with Crippen molar-refractivity contribution in [3.63, 3.8) is 0 Å². The van der Waals surface area contributed by atoms with Gasteiger partial charge < -0.3 is 16.4 Å². The summed E-state index contributed by atoms with van der Waals surface area (Å²) >= 11 is 0.446. The second-order valence-electron chi connectivity index (χ2n) is 5.97. The minimum Gasteiger partial charge on any atom is -0.366 e. The van der Waals surface area contributed by atoms with E-state index in [0.29, 0.717) is 23.9 Å². The summed E-state index contributed by atoms with van der Waals surface area (Å²) in [5, 5.41) is 4.71. The molecule has 0 saturated carbocycles. The molecule has 0 spiro atoms. The number of primary amides is 1. The van der Waals surface area contributed by atoms with Crippen molar-refractivity contribution >= 4 is 35.5 Å². The maximum Gasteiger partial charge on any atom is 0.418 e. The van der Waals surface area contributed by atoms with Crippen LogP contribution in [0.3, 0.4) is 0 Å². The number of halogens is 6. The first-order valence-corrected chi connectivity index (χ1v) is 9.20. The molecule has 0 saturated heterocycles. The highest BCUT2D eigenvalue weighted by atomic mass is 32.2. The number of benzene rings is 2. The van der Waals surface area contributed by atoms with Crippen molar-refractivity contribution in [3.05, 3.63) is 59.2 Å². The summed E-state index contributed by atoms with van der Waals surface area (Å²) in [4.78, 5) is 21.7.